The van der Waals surface area contributed by atoms with Gasteiger partial charge in [0.25, 0.3) is 0 Å². The quantitative estimate of drug-likeness (QED) is 0.881. The average molecular weight is 269 g/mol. The molecule has 1 saturated carbocycles. The summed E-state index contributed by atoms with van der Waals surface area (Å²) in [6.45, 7) is 0. The van der Waals surface area contributed by atoms with E-state index in [2.05, 4.69) is 0 Å². The molecule has 2 N–H and O–H groups in total. The van der Waals surface area contributed by atoms with Crippen molar-refractivity contribution in [3.63, 3.8) is 0 Å². The van der Waals surface area contributed by atoms with Gasteiger partial charge in [0.05, 0.1) is 12.2 Å². The standard InChI is InChI=1S/C15H21ClO2/c16-13-8-4-5-11(9-13)10-14(17)15(18)12-6-2-1-3-7-12/h4-5,8-9,12,14-15,17-18H,1-3,6-7,10H2. The van der Waals surface area contributed by atoms with E-state index in [9.17, 15) is 10.2 Å². The first-order valence-corrected chi connectivity index (χ1v) is 7.15. The Hall–Kier alpha value is -0.570. The Kier molecular flexibility index (Phi) is 5.04. The molecule has 2 atom stereocenters. The lowest BCUT2D eigenvalue weighted by Gasteiger charge is -2.29. The van der Waals surface area contributed by atoms with Crippen molar-refractivity contribution in [1.29, 1.82) is 0 Å². The van der Waals surface area contributed by atoms with E-state index in [-0.39, 0.29) is 5.92 Å². The monoisotopic (exact) mass is 268 g/mol. The molecule has 100 valence electrons. The van der Waals surface area contributed by atoms with Crippen LogP contribution >= 0.6 is 11.6 Å². The van der Waals surface area contributed by atoms with Crippen LogP contribution in [-0.2, 0) is 6.42 Å². The van der Waals surface area contributed by atoms with Gasteiger partial charge in [0.15, 0.2) is 0 Å². The molecule has 0 aromatic heterocycles. The SMILES string of the molecule is OC(Cc1cccc(Cl)c1)C(O)C1CCCCC1. The van der Waals surface area contributed by atoms with Gasteiger partial charge in [-0.2, -0.15) is 0 Å². The molecule has 2 rings (SSSR count). The Morgan fingerprint density at radius 2 is 1.89 bits per heavy atom. The summed E-state index contributed by atoms with van der Waals surface area (Å²) in [5.41, 5.74) is 0.977. The number of aliphatic hydroxyl groups is 2. The van der Waals surface area contributed by atoms with Crippen LogP contribution in [0, 0.1) is 5.92 Å². The largest absolute Gasteiger partial charge is 0.390 e. The predicted molar refractivity (Wildman–Crippen MR) is 73.7 cm³/mol. The zero-order valence-electron chi connectivity index (χ0n) is 10.6. The maximum atomic E-state index is 10.2. The summed E-state index contributed by atoms with van der Waals surface area (Å²) in [4.78, 5) is 0. The molecule has 0 aliphatic heterocycles. The molecular weight excluding hydrogens is 248 g/mol. The predicted octanol–water partition coefficient (Wildman–Crippen LogP) is 3.18. The summed E-state index contributed by atoms with van der Waals surface area (Å²) in [5.74, 6) is 0.257. The number of hydrogen-bond donors (Lipinski definition) is 2. The molecule has 1 aliphatic carbocycles. The molecule has 0 amide bonds. The van der Waals surface area contributed by atoms with E-state index in [1.807, 2.05) is 24.3 Å². The molecule has 1 aromatic rings. The maximum Gasteiger partial charge on any atom is 0.0842 e. The molecule has 0 saturated heterocycles. The molecule has 0 radical (unpaired) electrons. The average Bonchev–Trinajstić information content (AvgIpc) is 2.39. The minimum Gasteiger partial charge on any atom is -0.390 e. The molecule has 2 unspecified atom stereocenters. The Labute approximate surface area is 114 Å². The number of benzene rings is 1. The zero-order valence-corrected chi connectivity index (χ0v) is 11.3. The van der Waals surface area contributed by atoms with Gasteiger partial charge < -0.3 is 10.2 Å². The Morgan fingerprint density at radius 3 is 2.56 bits per heavy atom. The van der Waals surface area contributed by atoms with Crippen molar-refractivity contribution >= 4 is 11.6 Å². The maximum absolute atomic E-state index is 10.2. The van der Waals surface area contributed by atoms with Gasteiger partial charge in [-0.15, -0.1) is 0 Å². The van der Waals surface area contributed by atoms with Gasteiger partial charge in [-0.25, -0.2) is 0 Å². The molecule has 0 bridgehead atoms. The molecule has 0 heterocycles. The lowest BCUT2D eigenvalue weighted by atomic mass is 9.82. The Bertz CT molecular complexity index is 375. The molecule has 1 fully saturated rings. The van der Waals surface area contributed by atoms with Crippen LogP contribution in [0.5, 0.6) is 0 Å². The Morgan fingerprint density at radius 1 is 1.17 bits per heavy atom. The Balaban J connectivity index is 1.92. The molecule has 0 spiro atoms. The van der Waals surface area contributed by atoms with Crippen molar-refractivity contribution < 1.29 is 10.2 Å². The normalized spacial score (nSPS) is 20.6. The van der Waals surface area contributed by atoms with Gasteiger partial charge in [0.2, 0.25) is 0 Å². The van der Waals surface area contributed by atoms with Gasteiger partial charge in [-0.3, -0.25) is 0 Å². The van der Waals surface area contributed by atoms with Crippen LogP contribution < -0.4 is 0 Å². The number of aliphatic hydroxyl groups excluding tert-OH is 2. The summed E-state index contributed by atoms with van der Waals surface area (Å²) >= 11 is 5.91. The van der Waals surface area contributed by atoms with Gasteiger partial charge in [0, 0.05) is 11.4 Å². The summed E-state index contributed by atoms with van der Waals surface area (Å²) in [6, 6.07) is 7.47. The summed E-state index contributed by atoms with van der Waals surface area (Å²) in [6.07, 6.45) is 4.85. The third-order valence-electron chi connectivity index (χ3n) is 3.86. The molecule has 1 aliphatic rings. The van der Waals surface area contributed by atoms with Crippen molar-refractivity contribution in [1.82, 2.24) is 0 Å². The fourth-order valence-corrected chi connectivity index (χ4v) is 3.03. The van der Waals surface area contributed by atoms with E-state index >= 15 is 0 Å². The fraction of sp³-hybridized carbons (Fsp3) is 0.600. The van der Waals surface area contributed by atoms with E-state index in [0.29, 0.717) is 11.4 Å². The van der Waals surface area contributed by atoms with Crippen LogP contribution in [0.3, 0.4) is 0 Å². The smallest absolute Gasteiger partial charge is 0.0842 e. The van der Waals surface area contributed by atoms with E-state index in [0.717, 1.165) is 18.4 Å². The summed E-state index contributed by atoms with van der Waals surface area (Å²) in [7, 11) is 0. The first kappa shape index (κ1) is 13.9. The first-order valence-electron chi connectivity index (χ1n) is 6.77. The van der Waals surface area contributed by atoms with Gasteiger partial charge >= 0.3 is 0 Å². The summed E-state index contributed by atoms with van der Waals surface area (Å²) in [5, 5.41) is 21.0. The highest BCUT2D eigenvalue weighted by molar-refractivity contribution is 6.30. The van der Waals surface area contributed by atoms with Crippen LogP contribution in [0.4, 0.5) is 0 Å². The number of rotatable bonds is 4. The van der Waals surface area contributed by atoms with Crippen molar-refractivity contribution in [3.8, 4) is 0 Å². The highest BCUT2D eigenvalue weighted by Gasteiger charge is 2.27. The second-order valence-corrected chi connectivity index (χ2v) is 5.73. The topological polar surface area (TPSA) is 40.5 Å². The van der Waals surface area contributed by atoms with Crippen molar-refractivity contribution in [2.45, 2.75) is 50.7 Å². The minimum absolute atomic E-state index is 0.257. The van der Waals surface area contributed by atoms with Crippen LogP contribution in [0.1, 0.15) is 37.7 Å². The van der Waals surface area contributed by atoms with Crippen LogP contribution in [-0.4, -0.2) is 22.4 Å². The molecular formula is C15H21ClO2. The van der Waals surface area contributed by atoms with Crippen molar-refractivity contribution in [2.24, 2.45) is 5.92 Å². The highest BCUT2D eigenvalue weighted by atomic mass is 35.5. The van der Waals surface area contributed by atoms with E-state index < -0.39 is 12.2 Å². The van der Waals surface area contributed by atoms with Gasteiger partial charge in [-0.05, 0) is 36.5 Å². The third-order valence-corrected chi connectivity index (χ3v) is 4.10. The van der Waals surface area contributed by atoms with Crippen LogP contribution in [0.2, 0.25) is 5.02 Å². The van der Waals surface area contributed by atoms with E-state index in [1.165, 1.54) is 19.3 Å². The highest BCUT2D eigenvalue weighted by Crippen LogP contribution is 2.28. The molecule has 18 heavy (non-hydrogen) atoms. The van der Waals surface area contributed by atoms with Crippen molar-refractivity contribution in [2.75, 3.05) is 0 Å². The molecule has 2 nitrogen and oxygen atoms in total. The van der Waals surface area contributed by atoms with Gasteiger partial charge in [0.1, 0.15) is 0 Å². The van der Waals surface area contributed by atoms with Crippen molar-refractivity contribution in [3.05, 3.63) is 34.9 Å². The second-order valence-electron chi connectivity index (χ2n) is 5.29. The van der Waals surface area contributed by atoms with E-state index in [4.69, 9.17) is 11.6 Å². The summed E-state index contributed by atoms with van der Waals surface area (Å²) < 4.78 is 0. The lowest BCUT2D eigenvalue weighted by molar-refractivity contribution is -0.0263. The second kappa shape index (κ2) is 6.55. The lowest BCUT2D eigenvalue weighted by Crippen LogP contribution is -2.36. The van der Waals surface area contributed by atoms with Gasteiger partial charge in [-0.1, -0.05) is 43.0 Å². The van der Waals surface area contributed by atoms with Crippen LogP contribution in [0.15, 0.2) is 24.3 Å². The fourth-order valence-electron chi connectivity index (χ4n) is 2.82. The first-order chi connectivity index (χ1) is 8.66. The number of hydrogen-bond acceptors (Lipinski definition) is 2. The zero-order chi connectivity index (χ0) is 13.0. The van der Waals surface area contributed by atoms with E-state index in [1.54, 1.807) is 0 Å². The minimum atomic E-state index is -0.688. The molecule has 3 heteroatoms. The van der Waals surface area contributed by atoms with Crippen LogP contribution in [0.25, 0.3) is 0 Å². The molecule has 1 aromatic carbocycles. The number of halogens is 1. The third kappa shape index (κ3) is 3.71.